The predicted molar refractivity (Wildman–Crippen MR) is 73.0 cm³/mol. The average molecular weight is 278 g/mol. The fraction of sp³-hybridized carbons (Fsp3) is 0.250. The molecule has 1 aromatic rings. The van der Waals surface area contributed by atoms with Gasteiger partial charge in [-0.3, -0.25) is 10.1 Å². The van der Waals surface area contributed by atoms with Crippen LogP contribution in [0.25, 0.3) is 0 Å². The van der Waals surface area contributed by atoms with E-state index in [2.05, 4.69) is 43.2 Å². The standard InChI is InChI=1S/C8H10N2O3S3/c1-9-7-5(10(11)12)3-2-4-6(7)13-8(14,15)16/h2-4,9,14-16H,1H3. The zero-order valence-electron chi connectivity index (χ0n) is 8.25. The number of benzene rings is 1. The molecule has 5 nitrogen and oxygen atoms in total. The number of nitrogens with one attached hydrogen (secondary N) is 1. The van der Waals surface area contributed by atoms with Crippen LogP contribution in [0.4, 0.5) is 11.4 Å². The molecule has 0 aliphatic heterocycles. The topological polar surface area (TPSA) is 64.4 Å². The first-order valence-electron chi connectivity index (χ1n) is 4.16. The van der Waals surface area contributed by atoms with E-state index in [-0.39, 0.29) is 17.1 Å². The molecule has 0 unspecified atom stereocenters. The van der Waals surface area contributed by atoms with Gasteiger partial charge in [-0.05, 0) is 6.07 Å². The summed E-state index contributed by atoms with van der Waals surface area (Å²) in [5.74, 6) is 0.261. The Kier molecular flexibility index (Phi) is 4.22. The highest BCUT2D eigenvalue weighted by molar-refractivity contribution is 8.16. The zero-order chi connectivity index (χ0) is 12.3. The van der Waals surface area contributed by atoms with E-state index in [0.29, 0.717) is 0 Å². The lowest BCUT2D eigenvalue weighted by Crippen LogP contribution is -2.14. The van der Waals surface area contributed by atoms with Crippen LogP contribution in [-0.2, 0) is 0 Å². The summed E-state index contributed by atoms with van der Waals surface area (Å²) in [6, 6.07) is 4.45. The van der Waals surface area contributed by atoms with Crippen molar-refractivity contribution in [3.8, 4) is 5.75 Å². The molecule has 1 rings (SSSR count). The largest absolute Gasteiger partial charge is 0.456 e. The van der Waals surface area contributed by atoms with Crippen molar-refractivity contribution in [2.24, 2.45) is 0 Å². The van der Waals surface area contributed by atoms with Gasteiger partial charge >= 0.3 is 0 Å². The summed E-state index contributed by atoms with van der Waals surface area (Å²) < 4.78 is 3.94. The molecule has 0 amide bonds. The third-order valence-electron chi connectivity index (χ3n) is 1.70. The minimum absolute atomic E-state index is 0.0840. The average Bonchev–Trinajstić information content (AvgIpc) is 2.14. The summed E-state index contributed by atoms with van der Waals surface area (Å²) in [5, 5.41) is 13.5. The lowest BCUT2D eigenvalue weighted by Gasteiger charge is -2.19. The number of hydrogen-bond donors (Lipinski definition) is 4. The monoisotopic (exact) mass is 278 g/mol. The molecule has 0 atom stereocenters. The Labute approximate surface area is 109 Å². The van der Waals surface area contributed by atoms with Gasteiger partial charge in [0.1, 0.15) is 0 Å². The summed E-state index contributed by atoms with van der Waals surface area (Å²) in [7, 11) is 1.56. The molecule has 0 aliphatic rings. The first-order valence-corrected chi connectivity index (χ1v) is 5.50. The lowest BCUT2D eigenvalue weighted by molar-refractivity contribution is -0.384. The molecule has 1 N–H and O–H groups in total. The second-order valence-electron chi connectivity index (χ2n) is 2.83. The first-order chi connectivity index (χ1) is 7.35. The van der Waals surface area contributed by atoms with Crippen LogP contribution in [0.3, 0.4) is 0 Å². The van der Waals surface area contributed by atoms with E-state index >= 15 is 0 Å². The SMILES string of the molecule is CNc1c(OC(S)(S)S)cccc1[N+](=O)[O-]. The predicted octanol–water partition coefficient (Wildman–Crippen LogP) is 2.42. The Morgan fingerprint density at radius 3 is 2.50 bits per heavy atom. The van der Waals surface area contributed by atoms with E-state index in [1.165, 1.54) is 12.1 Å². The number of rotatable bonds is 4. The highest BCUT2D eigenvalue weighted by Crippen LogP contribution is 2.38. The van der Waals surface area contributed by atoms with Crippen molar-refractivity contribution >= 4 is 49.3 Å². The minimum Gasteiger partial charge on any atom is -0.456 e. The van der Waals surface area contributed by atoms with Crippen LogP contribution in [-0.4, -0.2) is 15.6 Å². The highest BCUT2D eigenvalue weighted by atomic mass is 32.2. The van der Waals surface area contributed by atoms with Gasteiger partial charge in [0, 0.05) is 13.1 Å². The Hall–Kier alpha value is -0.730. The fourth-order valence-electron chi connectivity index (χ4n) is 1.16. The summed E-state index contributed by atoms with van der Waals surface area (Å²) in [6.45, 7) is 0. The van der Waals surface area contributed by atoms with Gasteiger partial charge in [-0.15, -0.1) is 37.9 Å². The zero-order valence-corrected chi connectivity index (χ0v) is 10.9. The molecule has 0 aromatic heterocycles. The van der Waals surface area contributed by atoms with E-state index in [4.69, 9.17) is 4.74 Å². The molecule has 88 valence electrons. The highest BCUT2D eigenvalue weighted by Gasteiger charge is 2.22. The first kappa shape index (κ1) is 13.3. The maximum absolute atomic E-state index is 10.8. The quantitative estimate of drug-likeness (QED) is 0.296. The van der Waals surface area contributed by atoms with Crippen molar-refractivity contribution in [3.05, 3.63) is 28.3 Å². The molecule has 1 aromatic carbocycles. The molecule has 8 heteroatoms. The van der Waals surface area contributed by atoms with Crippen LogP contribution in [0.2, 0.25) is 0 Å². The maximum Gasteiger partial charge on any atom is 0.296 e. The Balaban J connectivity index is 3.19. The van der Waals surface area contributed by atoms with Gasteiger partial charge in [-0.1, -0.05) is 6.07 Å². The van der Waals surface area contributed by atoms with Crippen molar-refractivity contribution in [2.45, 2.75) is 3.60 Å². The number of para-hydroxylation sites is 1. The van der Waals surface area contributed by atoms with Gasteiger partial charge in [0.15, 0.2) is 11.4 Å². The second-order valence-corrected chi connectivity index (χ2v) is 5.78. The van der Waals surface area contributed by atoms with Crippen LogP contribution < -0.4 is 10.1 Å². The van der Waals surface area contributed by atoms with Crippen molar-refractivity contribution < 1.29 is 9.66 Å². The van der Waals surface area contributed by atoms with Crippen molar-refractivity contribution in [1.29, 1.82) is 0 Å². The van der Waals surface area contributed by atoms with E-state index in [1.54, 1.807) is 13.1 Å². The molecule has 0 aliphatic carbocycles. The number of nitro groups is 1. The Morgan fingerprint density at radius 1 is 1.44 bits per heavy atom. The van der Waals surface area contributed by atoms with Crippen molar-refractivity contribution in [3.63, 3.8) is 0 Å². The van der Waals surface area contributed by atoms with Gasteiger partial charge in [-0.2, -0.15) is 0 Å². The molecule has 0 radical (unpaired) electrons. The minimum atomic E-state index is -1.30. The van der Waals surface area contributed by atoms with Crippen LogP contribution in [0.15, 0.2) is 18.2 Å². The van der Waals surface area contributed by atoms with Gasteiger partial charge < -0.3 is 10.1 Å². The van der Waals surface area contributed by atoms with Crippen molar-refractivity contribution in [2.75, 3.05) is 12.4 Å². The lowest BCUT2D eigenvalue weighted by atomic mass is 10.2. The number of thiol groups is 3. The van der Waals surface area contributed by atoms with E-state index in [0.717, 1.165) is 0 Å². The fourth-order valence-corrected chi connectivity index (χ4v) is 1.45. The van der Waals surface area contributed by atoms with Crippen molar-refractivity contribution in [1.82, 2.24) is 0 Å². The Bertz CT molecular complexity index is 406. The van der Waals surface area contributed by atoms with Crippen LogP contribution in [0.5, 0.6) is 5.75 Å². The number of anilines is 1. The molecule has 0 saturated carbocycles. The number of ether oxygens (including phenoxy) is 1. The van der Waals surface area contributed by atoms with Gasteiger partial charge in [0.2, 0.25) is 3.60 Å². The van der Waals surface area contributed by atoms with E-state index in [9.17, 15) is 10.1 Å². The second kappa shape index (κ2) is 5.07. The number of hydrogen-bond acceptors (Lipinski definition) is 7. The van der Waals surface area contributed by atoms with E-state index < -0.39 is 8.52 Å². The normalized spacial score (nSPS) is 11.0. The molecule has 0 bridgehead atoms. The van der Waals surface area contributed by atoms with Crippen LogP contribution in [0, 0.1) is 10.1 Å². The third kappa shape index (κ3) is 3.39. The Morgan fingerprint density at radius 2 is 2.06 bits per heavy atom. The van der Waals surface area contributed by atoms with Gasteiger partial charge in [-0.25, -0.2) is 0 Å². The molecule has 0 spiro atoms. The molecule has 0 fully saturated rings. The maximum atomic E-state index is 10.8. The molecule has 0 saturated heterocycles. The summed E-state index contributed by atoms with van der Waals surface area (Å²) in [6.07, 6.45) is 0. The number of nitrogens with zero attached hydrogens (tertiary/aromatic N) is 1. The molecule has 0 heterocycles. The summed E-state index contributed by atoms with van der Waals surface area (Å²) in [4.78, 5) is 10.2. The van der Waals surface area contributed by atoms with Crippen LogP contribution >= 0.6 is 37.9 Å². The molecule has 16 heavy (non-hydrogen) atoms. The van der Waals surface area contributed by atoms with Crippen LogP contribution in [0.1, 0.15) is 0 Å². The van der Waals surface area contributed by atoms with Gasteiger partial charge in [0.05, 0.1) is 4.92 Å². The molecular formula is C8H10N2O3S3. The summed E-state index contributed by atoms with van der Waals surface area (Å²) in [5.41, 5.74) is 0.174. The molecular weight excluding hydrogens is 268 g/mol. The summed E-state index contributed by atoms with van der Waals surface area (Å²) >= 11 is 11.8. The number of nitro benzene ring substituents is 1. The smallest absolute Gasteiger partial charge is 0.296 e. The van der Waals surface area contributed by atoms with E-state index in [1.807, 2.05) is 0 Å². The third-order valence-corrected chi connectivity index (χ3v) is 1.97. The van der Waals surface area contributed by atoms with Gasteiger partial charge in [0.25, 0.3) is 5.69 Å².